The van der Waals surface area contributed by atoms with Gasteiger partial charge in [0.05, 0.1) is 6.73 Å². The third-order valence-corrected chi connectivity index (χ3v) is 0.751. The van der Waals surface area contributed by atoms with Crippen molar-refractivity contribution in [3.63, 3.8) is 0 Å². The van der Waals surface area contributed by atoms with Gasteiger partial charge in [-0.05, 0) is 12.5 Å². The largest absolute Gasteiger partial charge is 0.381 e. The fourth-order valence-electron chi connectivity index (χ4n) is 0.261. The van der Waals surface area contributed by atoms with Gasteiger partial charge in [0, 0.05) is 0 Å². The van der Waals surface area contributed by atoms with Gasteiger partial charge in [-0.15, -0.1) is 0 Å². The van der Waals surface area contributed by atoms with Crippen LogP contribution in [0.4, 0.5) is 0 Å². The summed E-state index contributed by atoms with van der Waals surface area (Å²) < 4.78 is 0. The first-order valence-electron chi connectivity index (χ1n) is 2.36. The molecule has 0 saturated carbocycles. The molecular formula is C5H11NO2. The van der Waals surface area contributed by atoms with Gasteiger partial charge in [0.1, 0.15) is 6.23 Å². The Balaban J connectivity index is 3.32. The number of aliphatic hydroxyl groups excluding tert-OH is 2. The Morgan fingerprint density at radius 2 is 2.38 bits per heavy atom. The van der Waals surface area contributed by atoms with E-state index in [1.54, 1.807) is 6.92 Å². The maximum absolute atomic E-state index is 8.76. The molecule has 0 rings (SSSR count). The number of aliphatic hydroxyl groups is 2. The van der Waals surface area contributed by atoms with Gasteiger partial charge in [-0.2, -0.15) is 0 Å². The lowest BCUT2D eigenvalue weighted by molar-refractivity contribution is 0.125. The zero-order valence-electron chi connectivity index (χ0n) is 4.89. The minimum absolute atomic E-state index is 0.228. The first-order chi connectivity index (χ1) is 3.68. The summed E-state index contributed by atoms with van der Waals surface area (Å²) in [5.74, 6) is 0. The Morgan fingerprint density at radius 1 is 1.88 bits per heavy atom. The van der Waals surface area contributed by atoms with Crippen LogP contribution >= 0.6 is 0 Å². The summed E-state index contributed by atoms with van der Waals surface area (Å²) in [4.78, 5) is 0. The highest BCUT2D eigenvalue weighted by atomic mass is 16.3. The zero-order valence-corrected chi connectivity index (χ0v) is 4.89. The predicted octanol–water partition coefficient (Wildman–Crippen LogP) is -0.580. The highest BCUT2D eigenvalue weighted by Crippen LogP contribution is 1.90. The molecule has 0 aromatic heterocycles. The standard InChI is InChI=1S/C5H11NO2/c1-4(2)5(8)6-3-7/h5-8H,1,3H2,2H3. The van der Waals surface area contributed by atoms with Crippen LogP contribution in [-0.4, -0.2) is 23.2 Å². The van der Waals surface area contributed by atoms with Gasteiger partial charge < -0.3 is 10.2 Å². The molecule has 0 heterocycles. The number of nitrogens with one attached hydrogen (secondary N) is 1. The molecular weight excluding hydrogens is 106 g/mol. The second kappa shape index (κ2) is 3.60. The topological polar surface area (TPSA) is 52.5 Å². The van der Waals surface area contributed by atoms with Gasteiger partial charge in [0.25, 0.3) is 0 Å². The lowest BCUT2D eigenvalue weighted by atomic mass is 10.3. The van der Waals surface area contributed by atoms with Gasteiger partial charge in [-0.25, -0.2) is 0 Å². The van der Waals surface area contributed by atoms with Gasteiger partial charge in [0.15, 0.2) is 0 Å². The maximum atomic E-state index is 8.76. The van der Waals surface area contributed by atoms with Crippen molar-refractivity contribution in [1.82, 2.24) is 5.32 Å². The Bertz CT molecular complexity index is 82.5. The van der Waals surface area contributed by atoms with E-state index in [2.05, 4.69) is 11.9 Å². The van der Waals surface area contributed by atoms with E-state index in [0.717, 1.165) is 0 Å². The molecule has 1 atom stereocenters. The Kier molecular flexibility index (Phi) is 3.43. The van der Waals surface area contributed by atoms with E-state index >= 15 is 0 Å². The SMILES string of the molecule is C=C(C)C(O)NCO. The summed E-state index contributed by atoms with van der Waals surface area (Å²) in [6.45, 7) is 4.90. The summed E-state index contributed by atoms with van der Waals surface area (Å²) in [7, 11) is 0. The quantitative estimate of drug-likeness (QED) is 0.342. The molecule has 3 heteroatoms. The van der Waals surface area contributed by atoms with Crippen molar-refractivity contribution < 1.29 is 10.2 Å². The van der Waals surface area contributed by atoms with Crippen molar-refractivity contribution in [2.45, 2.75) is 13.2 Å². The van der Waals surface area contributed by atoms with Crippen LogP contribution in [0.3, 0.4) is 0 Å². The minimum atomic E-state index is -0.778. The van der Waals surface area contributed by atoms with Crippen molar-refractivity contribution in [1.29, 1.82) is 0 Å². The van der Waals surface area contributed by atoms with E-state index in [-0.39, 0.29) is 6.73 Å². The van der Waals surface area contributed by atoms with E-state index in [4.69, 9.17) is 10.2 Å². The van der Waals surface area contributed by atoms with Crippen LogP contribution in [0.2, 0.25) is 0 Å². The number of hydrogen-bond donors (Lipinski definition) is 3. The van der Waals surface area contributed by atoms with Crippen LogP contribution in [0.15, 0.2) is 12.2 Å². The summed E-state index contributed by atoms with van der Waals surface area (Å²) in [6, 6.07) is 0. The number of rotatable bonds is 3. The minimum Gasteiger partial charge on any atom is -0.381 e. The van der Waals surface area contributed by atoms with Crippen molar-refractivity contribution in [3.8, 4) is 0 Å². The van der Waals surface area contributed by atoms with Gasteiger partial charge in [-0.1, -0.05) is 6.58 Å². The molecule has 0 spiro atoms. The number of hydrogen-bond acceptors (Lipinski definition) is 3. The van der Waals surface area contributed by atoms with Crippen LogP contribution < -0.4 is 5.32 Å². The Labute approximate surface area is 48.6 Å². The molecule has 1 unspecified atom stereocenters. The van der Waals surface area contributed by atoms with Crippen molar-refractivity contribution >= 4 is 0 Å². The van der Waals surface area contributed by atoms with Crippen LogP contribution in [0.5, 0.6) is 0 Å². The monoisotopic (exact) mass is 117 g/mol. The molecule has 0 bridgehead atoms. The highest BCUT2D eigenvalue weighted by Gasteiger charge is 1.98. The van der Waals surface area contributed by atoms with E-state index in [1.165, 1.54) is 0 Å². The highest BCUT2D eigenvalue weighted by molar-refractivity contribution is 4.94. The average molecular weight is 117 g/mol. The Morgan fingerprint density at radius 3 is 2.50 bits per heavy atom. The molecule has 0 aromatic rings. The van der Waals surface area contributed by atoms with Gasteiger partial charge in [-0.3, -0.25) is 5.32 Å². The molecule has 0 aromatic carbocycles. The predicted molar refractivity (Wildman–Crippen MR) is 31.0 cm³/mol. The molecule has 0 fully saturated rings. The lowest BCUT2D eigenvalue weighted by Crippen LogP contribution is -2.29. The van der Waals surface area contributed by atoms with Crippen LogP contribution in [-0.2, 0) is 0 Å². The third-order valence-electron chi connectivity index (χ3n) is 0.751. The molecule has 0 amide bonds. The summed E-state index contributed by atoms with van der Waals surface area (Å²) >= 11 is 0. The molecule has 0 aliphatic heterocycles. The normalized spacial score (nSPS) is 13.4. The molecule has 0 radical (unpaired) electrons. The van der Waals surface area contributed by atoms with Gasteiger partial charge in [0.2, 0.25) is 0 Å². The first kappa shape index (κ1) is 7.62. The molecule has 3 N–H and O–H groups in total. The van der Waals surface area contributed by atoms with Crippen LogP contribution in [0.25, 0.3) is 0 Å². The Hall–Kier alpha value is -0.380. The molecule has 8 heavy (non-hydrogen) atoms. The van der Waals surface area contributed by atoms with E-state index in [9.17, 15) is 0 Å². The molecule has 0 aliphatic rings. The van der Waals surface area contributed by atoms with Crippen molar-refractivity contribution in [2.24, 2.45) is 0 Å². The van der Waals surface area contributed by atoms with E-state index < -0.39 is 6.23 Å². The van der Waals surface area contributed by atoms with E-state index in [0.29, 0.717) is 5.57 Å². The first-order valence-corrected chi connectivity index (χ1v) is 2.36. The maximum Gasteiger partial charge on any atom is 0.128 e. The summed E-state index contributed by atoms with van der Waals surface area (Å²) in [5.41, 5.74) is 0.596. The molecule has 0 aliphatic carbocycles. The summed E-state index contributed by atoms with van der Waals surface area (Å²) in [6.07, 6.45) is -0.778. The van der Waals surface area contributed by atoms with Crippen molar-refractivity contribution in [3.05, 3.63) is 12.2 Å². The molecule has 48 valence electrons. The second-order valence-electron chi connectivity index (χ2n) is 1.61. The van der Waals surface area contributed by atoms with Gasteiger partial charge >= 0.3 is 0 Å². The fraction of sp³-hybridized carbons (Fsp3) is 0.600. The van der Waals surface area contributed by atoms with Crippen LogP contribution in [0.1, 0.15) is 6.92 Å². The lowest BCUT2D eigenvalue weighted by Gasteiger charge is -2.08. The van der Waals surface area contributed by atoms with Crippen LogP contribution in [0, 0.1) is 0 Å². The third kappa shape index (κ3) is 2.74. The average Bonchev–Trinajstić information content (AvgIpc) is 1.67. The zero-order chi connectivity index (χ0) is 6.57. The molecule has 0 saturated heterocycles. The summed E-state index contributed by atoms with van der Waals surface area (Å²) in [5, 5.41) is 19.3. The van der Waals surface area contributed by atoms with Crippen molar-refractivity contribution in [2.75, 3.05) is 6.73 Å². The van der Waals surface area contributed by atoms with E-state index in [1.807, 2.05) is 0 Å². The smallest absolute Gasteiger partial charge is 0.128 e. The molecule has 3 nitrogen and oxygen atoms in total. The fourth-order valence-corrected chi connectivity index (χ4v) is 0.261. The second-order valence-corrected chi connectivity index (χ2v) is 1.61.